The third kappa shape index (κ3) is 4.75. The second kappa shape index (κ2) is 8.85. The van der Waals surface area contributed by atoms with Gasteiger partial charge in [0.2, 0.25) is 0 Å². The first-order valence-corrected chi connectivity index (χ1v) is 11.7. The number of carbonyl (C=O) groups excluding carboxylic acids is 1. The highest BCUT2D eigenvalue weighted by atomic mass is 32.1. The molecule has 0 fully saturated rings. The van der Waals surface area contributed by atoms with E-state index < -0.39 is 5.60 Å². The minimum Gasteiger partial charge on any atom is -0.472 e. The van der Waals surface area contributed by atoms with Gasteiger partial charge in [-0.15, -0.1) is 11.3 Å². The fourth-order valence-electron chi connectivity index (χ4n) is 3.58. The summed E-state index contributed by atoms with van der Waals surface area (Å²) in [6.07, 6.45) is 9.11. The Balaban J connectivity index is 1.46. The first kappa shape index (κ1) is 22.0. The van der Waals surface area contributed by atoms with Gasteiger partial charge < -0.3 is 14.8 Å². The van der Waals surface area contributed by atoms with Crippen molar-refractivity contribution in [2.24, 2.45) is 0 Å². The Labute approximate surface area is 199 Å². The van der Waals surface area contributed by atoms with E-state index >= 15 is 0 Å². The molecule has 0 aliphatic carbocycles. The molecular weight excluding hydrogens is 450 g/mol. The summed E-state index contributed by atoms with van der Waals surface area (Å²) >= 11 is 1.41. The number of aromatic nitrogens is 4. The lowest BCUT2D eigenvalue weighted by Crippen LogP contribution is -2.21. The van der Waals surface area contributed by atoms with Crippen molar-refractivity contribution in [3.63, 3.8) is 0 Å². The predicted molar refractivity (Wildman–Crippen MR) is 132 cm³/mol. The van der Waals surface area contributed by atoms with E-state index in [0.29, 0.717) is 24.3 Å². The average molecular weight is 474 g/mol. The molecule has 0 bridgehead atoms. The molecule has 5 rings (SSSR count). The van der Waals surface area contributed by atoms with Crippen molar-refractivity contribution >= 4 is 33.8 Å². The molecule has 9 heteroatoms. The molecule has 0 radical (unpaired) electrons. The first-order chi connectivity index (χ1) is 16.4. The van der Waals surface area contributed by atoms with Crippen molar-refractivity contribution in [3.8, 4) is 21.7 Å². The van der Waals surface area contributed by atoms with Crippen LogP contribution >= 0.6 is 11.3 Å². The van der Waals surface area contributed by atoms with E-state index in [0.717, 1.165) is 32.6 Å². The molecule has 0 saturated heterocycles. The lowest BCUT2D eigenvalue weighted by Gasteiger charge is -2.16. The number of hydrogen-bond donors (Lipinski definition) is 2. The number of carbonyl (C=O) groups is 1. The molecule has 1 amide bonds. The fraction of sp³-hybridized carbons (Fsp3) is 0.200. The number of aryl methyl sites for hydroxylation is 1. The Morgan fingerprint density at radius 2 is 2.03 bits per heavy atom. The van der Waals surface area contributed by atoms with Gasteiger partial charge in [-0.25, -0.2) is 4.98 Å². The molecule has 172 valence electrons. The van der Waals surface area contributed by atoms with Gasteiger partial charge in [0.15, 0.2) is 0 Å². The normalized spacial score (nSPS) is 11.7. The summed E-state index contributed by atoms with van der Waals surface area (Å²) < 4.78 is 7.09. The summed E-state index contributed by atoms with van der Waals surface area (Å²) in [6, 6.07) is 9.40. The predicted octanol–water partition coefficient (Wildman–Crippen LogP) is 5.23. The zero-order valence-electron chi connectivity index (χ0n) is 18.7. The van der Waals surface area contributed by atoms with Crippen LogP contribution in [0.25, 0.3) is 32.6 Å². The van der Waals surface area contributed by atoms with Crippen LogP contribution in [0.4, 0.5) is 5.69 Å². The van der Waals surface area contributed by atoms with E-state index in [2.05, 4.69) is 20.4 Å². The standard InChI is InChI=1S/C25H23N5O3S/c1-25(2,32)6-9-30-13-18-11-21(19(12-20(18)29-30)17-5-10-33-14-17)27-23(31)22-15-34-24(28-22)16-3-7-26-8-4-16/h3-5,7-8,10-15,32H,6,9H2,1-2H3,(H,27,31). The molecule has 0 aliphatic heterocycles. The highest BCUT2D eigenvalue weighted by Gasteiger charge is 2.18. The van der Waals surface area contributed by atoms with Crippen LogP contribution in [0.3, 0.4) is 0 Å². The third-order valence-corrected chi connectivity index (χ3v) is 6.28. The molecule has 4 heterocycles. The van der Waals surface area contributed by atoms with E-state index in [1.54, 1.807) is 44.1 Å². The number of pyridine rings is 1. The summed E-state index contributed by atoms with van der Waals surface area (Å²) in [5.41, 5.74) is 3.54. The maximum Gasteiger partial charge on any atom is 0.275 e. The van der Waals surface area contributed by atoms with Crippen LogP contribution < -0.4 is 5.32 Å². The van der Waals surface area contributed by atoms with E-state index in [-0.39, 0.29) is 5.91 Å². The number of thiazole rings is 1. The number of rotatable bonds is 7. The number of fused-ring (bicyclic) bond motifs is 1. The van der Waals surface area contributed by atoms with E-state index in [1.165, 1.54) is 11.3 Å². The average Bonchev–Trinajstić information content (AvgIpc) is 3.57. The topological polar surface area (TPSA) is 106 Å². The van der Waals surface area contributed by atoms with Crippen LogP contribution in [-0.2, 0) is 6.54 Å². The van der Waals surface area contributed by atoms with Crippen LogP contribution in [0.1, 0.15) is 30.8 Å². The third-order valence-electron chi connectivity index (χ3n) is 5.39. The second-order valence-corrected chi connectivity index (χ2v) is 9.51. The SMILES string of the molecule is CC(C)(O)CCn1cc2cc(NC(=O)c3csc(-c4ccncc4)n3)c(-c3ccoc3)cc2n1. The molecule has 1 aromatic carbocycles. The smallest absolute Gasteiger partial charge is 0.275 e. The number of benzene rings is 1. The van der Waals surface area contributed by atoms with Crippen molar-refractivity contribution in [2.45, 2.75) is 32.4 Å². The van der Waals surface area contributed by atoms with Crippen LogP contribution in [0, 0.1) is 0 Å². The van der Waals surface area contributed by atoms with Crippen molar-refractivity contribution in [3.05, 3.63) is 72.5 Å². The molecule has 0 saturated carbocycles. The van der Waals surface area contributed by atoms with Crippen LogP contribution in [0.5, 0.6) is 0 Å². The number of aliphatic hydroxyl groups is 1. The molecule has 0 spiro atoms. The van der Waals surface area contributed by atoms with E-state index in [1.807, 2.05) is 41.2 Å². The minimum atomic E-state index is -0.776. The Morgan fingerprint density at radius 3 is 2.76 bits per heavy atom. The summed E-state index contributed by atoms with van der Waals surface area (Å²) in [4.78, 5) is 21.6. The molecule has 8 nitrogen and oxygen atoms in total. The molecule has 0 aliphatic rings. The van der Waals surface area contributed by atoms with Gasteiger partial charge in [-0.1, -0.05) is 0 Å². The fourth-order valence-corrected chi connectivity index (χ4v) is 4.38. The highest BCUT2D eigenvalue weighted by molar-refractivity contribution is 7.13. The maximum atomic E-state index is 13.1. The van der Waals surface area contributed by atoms with Gasteiger partial charge in [0, 0.05) is 58.3 Å². The van der Waals surface area contributed by atoms with Crippen molar-refractivity contribution < 1.29 is 14.3 Å². The number of hydrogen-bond acceptors (Lipinski definition) is 7. The zero-order chi connectivity index (χ0) is 23.7. The van der Waals surface area contributed by atoms with Crippen LogP contribution in [-0.4, -0.2) is 36.4 Å². The summed E-state index contributed by atoms with van der Waals surface area (Å²) in [6.45, 7) is 4.14. The maximum absolute atomic E-state index is 13.1. The number of anilines is 1. The van der Waals surface area contributed by atoms with Gasteiger partial charge in [0.1, 0.15) is 10.7 Å². The zero-order valence-corrected chi connectivity index (χ0v) is 19.5. The summed E-state index contributed by atoms with van der Waals surface area (Å²) in [5, 5.41) is 21.1. The summed E-state index contributed by atoms with van der Waals surface area (Å²) in [5.74, 6) is -0.296. The second-order valence-electron chi connectivity index (χ2n) is 8.65. The number of nitrogens with one attached hydrogen (secondary N) is 1. The van der Waals surface area contributed by atoms with Crippen LogP contribution in [0.15, 0.2) is 71.2 Å². The summed E-state index contributed by atoms with van der Waals surface area (Å²) in [7, 11) is 0. The monoisotopic (exact) mass is 473 g/mol. The van der Waals surface area contributed by atoms with Crippen molar-refractivity contribution in [1.82, 2.24) is 19.7 Å². The van der Waals surface area contributed by atoms with Crippen molar-refractivity contribution in [1.29, 1.82) is 0 Å². The lowest BCUT2D eigenvalue weighted by atomic mass is 10.0. The van der Waals surface area contributed by atoms with E-state index in [4.69, 9.17) is 4.42 Å². The van der Waals surface area contributed by atoms with Gasteiger partial charge in [0.05, 0.1) is 23.6 Å². The molecule has 4 aromatic heterocycles. The number of furan rings is 1. The lowest BCUT2D eigenvalue weighted by molar-refractivity contribution is 0.0651. The number of amides is 1. The molecule has 34 heavy (non-hydrogen) atoms. The largest absolute Gasteiger partial charge is 0.472 e. The molecule has 5 aromatic rings. The molecular formula is C25H23N5O3S. The minimum absolute atomic E-state index is 0.296. The van der Waals surface area contributed by atoms with Crippen LogP contribution in [0.2, 0.25) is 0 Å². The van der Waals surface area contributed by atoms with Gasteiger partial charge in [0.25, 0.3) is 5.91 Å². The molecule has 0 unspecified atom stereocenters. The van der Waals surface area contributed by atoms with E-state index in [9.17, 15) is 9.90 Å². The van der Waals surface area contributed by atoms with Gasteiger partial charge in [-0.2, -0.15) is 5.10 Å². The molecule has 0 atom stereocenters. The van der Waals surface area contributed by atoms with Gasteiger partial charge in [-0.3, -0.25) is 14.5 Å². The first-order valence-electron chi connectivity index (χ1n) is 10.8. The van der Waals surface area contributed by atoms with Gasteiger partial charge in [-0.05, 0) is 50.6 Å². The number of nitrogens with zero attached hydrogens (tertiary/aromatic N) is 4. The Bertz CT molecular complexity index is 1430. The Hall–Kier alpha value is -3.82. The molecule has 2 N–H and O–H groups in total. The highest BCUT2D eigenvalue weighted by Crippen LogP contribution is 2.33. The van der Waals surface area contributed by atoms with Crippen molar-refractivity contribution in [2.75, 3.05) is 5.32 Å². The van der Waals surface area contributed by atoms with Gasteiger partial charge >= 0.3 is 0 Å². The Morgan fingerprint density at radius 1 is 1.21 bits per heavy atom. The quantitative estimate of drug-likeness (QED) is 0.335. The Kier molecular flexibility index (Phi) is 5.72.